The predicted octanol–water partition coefficient (Wildman–Crippen LogP) is 4.59. The Morgan fingerprint density at radius 1 is 0.975 bits per heavy atom. The number of likely N-dealkylation sites (tertiary alicyclic amines) is 1. The molecule has 0 aliphatic carbocycles. The first-order valence-corrected chi connectivity index (χ1v) is 13.7. The lowest BCUT2D eigenvalue weighted by Crippen LogP contribution is -2.40. The van der Waals surface area contributed by atoms with E-state index in [0.29, 0.717) is 54.9 Å². The predicted molar refractivity (Wildman–Crippen MR) is 145 cm³/mol. The largest absolute Gasteiger partial charge is 0.466 e. The highest BCUT2D eigenvalue weighted by molar-refractivity contribution is 5.96. The summed E-state index contributed by atoms with van der Waals surface area (Å²) in [7, 11) is 0. The monoisotopic (exact) mass is 550 g/mol. The maximum absolute atomic E-state index is 14.0. The average molecular weight is 551 g/mol. The number of halogens is 1. The molecule has 0 aromatic heterocycles. The second-order valence-corrected chi connectivity index (χ2v) is 10.0. The Bertz CT molecular complexity index is 1310. The van der Waals surface area contributed by atoms with Gasteiger partial charge in [0.1, 0.15) is 5.82 Å². The Balaban J connectivity index is 1.54. The maximum Gasteiger partial charge on any atom is 0.336 e. The van der Waals surface area contributed by atoms with Gasteiger partial charge in [-0.25, -0.2) is 9.18 Å². The highest BCUT2D eigenvalue weighted by atomic mass is 19.1. The summed E-state index contributed by atoms with van der Waals surface area (Å²) in [5, 5.41) is 0. The normalized spacial score (nSPS) is 18.1. The molecule has 1 saturated heterocycles. The van der Waals surface area contributed by atoms with E-state index in [1.165, 1.54) is 17.0 Å². The molecule has 2 aliphatic rings. The number of carbonyl (C=O) groups is 4. The zero-order valence-electron chi connectivity index (χ0n) is 23.2. The zero-order chi connectivity index (χ0) is 28.8. The second kappa shape index (κ2) is 12.9. The molecule has 40 heavy (non-hydrogen) atoms. The molecule has 1 atom stereocenters. The van der Waals surface area contributed by atoms with Crippen molar-refractivity contribution in [1.82, 2.24) is 9.80 Å². The van der Waals surface area contributed by atoms with E-state index in [-0.39, 0.29) is 43.3 Å². The number of carbonyl (C=O) groups excluding carboxylic acids is 4. The summed E-state index contributed by atoms with van der Waals surface area (Å²) in [6.45, 7) is 6.77. The zero-order valence-corrected chi connectivity index (χ0v) is 23.2. The molecule has 1 fully saturated rings. The molecule has 0 spiro atoms. The molecule has 0 radical (unpaired) electrons. The minimum Gasteiger partial charge on any atom is -0.466 e. The minimum atomic E-state index is -0.621. The standard InChI is InChI=1S/C31H35FN2O6/c1-4-39-30(37)22-12-14-33(15-13-22)29(36)24-10-6-8-21(16-24)19-34-20(3)28(31(38)40-5-2)26(18-27(34)35)23-9-7-11-25(32)17-23/h6-11,16-17,22,26H,4-5,12-15,18-19H2,1-3H3. The Labute approximate surface area is 233 Å². The maximum atomic E-state index is 14.0. The van der Waals surface area contributed by atoms with Gasteiger partial charge in [0.25, 0.3) is 5.91 Å². The van der Waals surface area contributed by atoms with Gasteiger partial charge in [-0.05, 0) is 69.0 Å². The van der Waals surface area contributed by atoms with Crippen LogP contribution in [-0.4, -0.2) is 59.9 Å². The van der Waals surface area contributed by atoms with E-state index in [1.807, 2.05) is 6.07 Å². The van der Waals surface area contributed by atoms with E-state index in [0.717, 1.165) is 5.56 Å². The summed E-state index contributed by atoms with van der Waals surface area (Å²) in [4.78, 5) is 54.9. The number of rotatable bonds is 8. The van der Waals surface area contributed by atoms with Crippen molar-refractivity contribution in [3.05, 3.63) is 82.3 Å². The Morgan fingerprint density at radius 3 is 2.35 bits per heavy atom. The molecule has 0 saturated carbocycles. The van der Waals surface area contributed by atoms with Crippen molar-refractivity contribution >= 4 is 23.8 Å². The quantitative estimate of drug-likeness (QED) is 0.447. The van der Waals surface area contributed by atoms with Crippen LogP contribution in [0.5, 0.6) is 0 Å². The van der Waals surface area contributed by atoms with E-state index >= 15 is 0 Å². The average Bonchev–Trinajstić information content (AvgIpc) is 2.95. The number of amides is 2. The SMILES string of the molecule is CCOC(=O)C1=C(C)N(Cc2cccc(C(=O)N3CCC(C(=O)OCC)CC3)c2)C(=O)CC1c1cccc(F)c1. The summed E-state index contributed by atoms with van der Waals surface area (Å²) in [6.07, 6.45) is 1.10. The summed E-state index contributed by atoms with van der Waals surface area (Å²) < 4.78 is 24.4. The lowest BCUT2D eigenvalue weighted by atomic mass is 9.83. The van der Waals surface area contributed by atoms with Crippen LogP contribution >= 0.6 is 0 Å². The fraction of sp³-hybridized carbons (Fsp3) is 0.419. The van der Waals surface area contributed by atoms with E-state index in [4.69, 9.17) is 9.47 Å². The molecule has 212 valence electrons. The van der Waals surface area contributed by atoms with Gasteiger partial charge in [-0.15, -0.1) is 0 Å². The molecule has 1 unspecified atom stereocenters. The van der Waals surface area contributed by atoms with Crippen molar-refractivity contribution in [2.24, 2.45) is 5.92 Å². The van der Waals surface area contributed by atoms with Crippen molar-refractivity contribution in [3.8, 4) is 0 Å². The van der Waals surface area contributed by atoms with Gasteiger partial charge in [0.2, 0.25) is 5.91 Å². The third-order valence-electron chi connectivity index (χ3n) is 7.49. The summed E-state index contributed by atoms with van der Waals surface area (Å²) in [6, 6.07) is 13.0. The molecule has 2 amide bonds. The van der Waals surface area contributed by atoms with Crippen molar-refractivity contribution < 1.29 is 33.0 Å². The lowest BCUT2D eigenvalue weighted by Gasteiger charge is -2.34. The Hall–Kier alpha value is -4.01. The van der Waals surface area contributed by atoms with Crippen molar-refractivity contribution in [2.45, 2.75) is 52.5 Å². The van der Waals surface area contributed by atoms with Crippen molar-refractivity contribution in [3.63, 3.8) is 0 Å². The molecule has 4 rings (SSSR count). The van der Waals surface area contributed by atoms with E-state index in [2.05, 4.69) is 0 Å². The highest BCUT2D eigenvalue weighted by Crippen LogP contribution is 2.38. The molecular weight excluding hydrogens is 515 g/mol. The van der Waals surface area contributed by atoms with Crippen LogP contribution in [0.25, 0.3) is 0 Å². The molecule has 2 aliphatic heterocycles. The smallest absolute Gasteiger partial charge is 0.336 e. The van der Waals surface area contributed by atoms with Crippen LogP contribution < -0.4 is 0 Å². The number of piperidine rings is 1. The number of hydrogen-bond donors (Lipinski definition) is 0. The summed E-state index contributed by atoms with van der Waals surface area (Å²) in [5.41, 5.74) is 2.52. The number of ether oxygens (including phenoxy) is 2. The highest BCUT2D eigenvalue weighted by Gasteiger charge is 2.37. The van der Waals surface area contributed by atoms with E-state index in [9.17, 15) is 23.6 Å². The topological polar surface area (TPSA) is 93.2 Å². The van der Waals surface area contributed by atoms with Gasteiger partial charge in [0.05, 0.1) is 31.2 Å². The fourth-order valence-corrected chi connectivity index (χ4v) is 5.43. The van der Waals surface area contributed by atoms with Gasteiger partial charge in [0, 0.05) is 36.7 Å². The van der Waals surface area contributed by atoms with Crippen LogP contribution in [0.3, 0.4) is 0 Å². The van der Waals surface area contributed by atoms with Crippen LogP contribution in [0.15, 0.2) is 59.8 Å². The fourth-order valence-electron chi connectivity index (χ4n) is 5.43. The van der Waals surface area contributed by atoms with Gasteiger partial charge in [0.15, 0.2) is 0 Å². The molecule has 0 N–H and O–H groups in total. The first kappa shape index (κ1) is 29.0. The van der Waals surface area contributed by atoms with Gasteiger partial charge in [-0.3, -0.25) is 14.4 Å². The van der Waals surface area contributed by atoms with Crippen LogP contribution in [0.1, 0.15) is 67.4 Å². The molecule has 0 bridgehead atoms. The molecule has 2 aromatic carbocycles. The van der Waals surface area contributed by atoms with Crippen LogP contribution in [-0.2, 0) is 30.4 Å². The molecule has 2 heterocycles. The van der Waals surface area contributed by atoms with E-state index < -0.39 is 17.7 Å². The Kier molecular flexibility index (Phi) is 9.34. The van der Waals surface area contributed by atoms with Gasteiger partial charge >= 0.3 is 11.9 Å². The van der Waals surface area contributed by atoms with Gasteiger partial charge in [-0.1, -0.05) is 24.3 Å². The van der Waals surface area contributed by atoms with E-state index in [1.54, 1.807) is 56.0 Å². The summed E-state index contributed by atoms with van der Waals surface area (Å²) >= 11 is 0. The second-order valence-electron chi connectivity index (χ2n) is 10.0. The minimum absolute atomic E-state index is 0.0109. The molecule has 2 aromatic rings. The summed E-state index contributed by atoms with van der Waals surface area (Å²) in [5.74, 6) is -2.36. The molecule has 9 heteroatoms. The molecule has 8 nitrogen and oxygen atoms in total. The van der Waals surface area contributed by atoms with Crippen molar-refractivity contribution in [1.29, 1.82) is 0 Å². The van der Waals surface area contributed by atoms with Gasteiger partial charge < -0.3 is 19.3 Å². The Morgan fingerprint density at radius 2 is 1.68 bits per heavy atom. The van der Waals surface area contributed by atoms with Crippen LogP contribution in [0.4, 0.5) is 4.39 Å². The number of esters is 2. The molecular formula is C31H35FN2O6. The number of allylic oxidation sites excluding steroid dienone is 1. The number of nitrogens with zero attached hydrogens (tertiary/aromatic N) is 2. The van der Waals surface area contributed by atoms with Crippen LogP contribution in [0, 0.1) is 11.7 Å². The third kappa shape index (κ3) is 6.41. The van der Waals surface area contributed by atoms with Crippen molar-refractivity contribution in [2.75, 3.05) is 26.3 Å². The van der Waals surface area contributed by atoms with Crippen LogP contribution in [0.2, 0.25) is 0 Å². The number of benzene rings is 2. The lowest BCUT2D eigenvalue weighted by molar-refractivity contribution is -0.149. The first-order chi connectivity index (χ1) is 19.2. The first-order valence-electron chi connectivity index (χ1n) is 13.7. The number of hydrogen-bond acceptors (Lipinski definition) is 6. The van der Waals surface area contributed by atoms with Gasteiger partial charge in [-0.2, -0.15) is 0 Å². The third-order valence-corrected chi connectivity index (χ3v) is 7.49.